The van der Waals surface area contributed by atoms with E-state index in [9.17, 15) is 0 Å². The molecule has 2 rings (SSSR count). The van der Waals surface area contributed by atoms with E-state index in [1.54, 1.807) is 0 Å². The summed E-state index contributed by atoms with van der Waals surface area (Å²) in [5, 5.41) is 5.00. The third-order valence-corrected chi connectivity index (χ3v) is 3.70. The number of nitrogens with one attached hydrogen (secondary N) is 1. The summed E-state index contributed by atoms with van der Waals surface area (Å²) in [5.74, 6) is 0. The molecule has 0 aromatic heterocycles. The number of hydrogen-bond donors (Lipinski definition) is 1. The van der Waals surface area contributed by atoms with E-state index < -0.39 is 0 Å². The Labute approximate surface area is 124 Å². The molecule has 0 aliphatic rings. The Morgan fingerprint density at radius 2 is 1.74 bits per heavy atom. The van der Waals surface area contributed by atoms with Gasteiger partial charge in [0.25, 0.3) is 0 Å². The van der Waals surface area contributed by atoms with Gasteiger partial charge in [-0.25, -0.2) is 0 Å². The fraction of sp³-hybridized carbons (Fsp3) is 0.250. The zero-order chi connectivity index (χ0) is 13.8. The lowest BCUT2D eigenvalue weighted by molar-refractivity contribution is 0.749. The summed E-state index contributed by atoms with van der Waals surface area (Å²) in [6, 6.07) is 14.2. The molecule has 0 bridgehead atoms. The minimum absolute atomic E-state index is 0.234. The van der Waals surface area contributed by atoms with Gasteiger partial charge >= 0.3 is 0 Å². The van der Waals surface area contributed by atoms with Gasteiger partial charge in [-0.3, -0.25) is 0 Å². The third kappa shape index (κ3) is 3.65. The van der Waals surface area contributed by atoms with Crippen LogP contribution >= 0.6 is 23.2 Å². The largest absolute Gasteiger partial charge is 0.377 e. The van der Waals surface area contributed by atoms with E-state index in [0.717, 1.165) is 27.7 Å². The molecule has 0 spiro atoms. The van der Waals surface area contributed by atoms with Crippen LogP contribution in [0.1, 0.15) is 30.5 Å². The summed E-state index contributed by atoms with van der Waals surface area (Å²) < 4.78 is 0. The van der Waals surface area contributed by atoms with E-state index in [1.165, 1.54) is 5.56 Å². The first-order valence-electron chi connectivity index (χ1n) is 6.38. The normalized spacial score (nSPS) is 12.2. The number of rotatable bonds is 4. The van der Waals surface area contributed by atoms with Crippen molar-refractivity contribution in [1.29, 1.82) is 0 Å². The monoisotopic (exact) mass is 293 g/mol. The molecule has 1 nitrogen and oxygen atoms in total. The van der Waals surface area contributed by atoms with Gasteiger partial charge in [-0.15, -0.1) is 0 Å². The molecule has 0 saturated heterocycles. The van der Waals surface area contributed by atoms with Crippen LogP contribution in [0.4, 0.5) is 5.69 Å². The maximum absolute atomic E-state index is 6.26. The number of benzene rings is 2. The molecular weight excluding hydrogens is 277 g/mol. The Morgan fingerprint density at radius 3 is 2.32 bits per heavy atom. The van der Waals surface area contributed by atoms with Crippen molar-refractivity contribution in [2.45, 2.75) is 26.3 Å². The van der Waals surface area contributed by atoms with Crippen molar-refractivity contribution in [2.75, 3.05) is 5.32 Å². The predicted octanol–water partition coefficient (Wildman–Crippen LogP) is 5.87. The van der Waals surface area contributed by atoms with Gasteiger partial charge in [-0.2, -0.15) is 0 Å². The highest BCUT2D eigenvalue weighted by Gasteiger charge is 2.10. The number of anilines is 1. The van der Waals surface area contributed by atoms with Crippen molar-refractivity contribution in [1.82, 2.24) is 0 Å². The van der Waals surface area contributed by atoms with Crippen LogP contribution in [-0.2, 0) is 0 Å². The highest BCUT2D eigenvalue weighted by molar-refractivity contribution is 6.33. The topological polar surface area (TPSA) is 12.0 Å². The van der Waals surface area contributed by atoms with Crippen LogP contribution in [-0.4, -0.2) is 0 Å². The molecule has 2 aromatic carbocycles. The van der Waals surface area contributed by atoms with Crippen molar-refractivity contribution in [3.8, 4) is 0 Å². The highest BCUT2D eigenvalue weighted by atomic mass is 35.5. The van der Waals surface area contributed by atoms with Crippen molar-refractivity contribution in [3.05, 3.63) is 63.6 Å². The molecule has 19 heavy (non-hydrogen) atoms. The first-order chi connectivity index (χ1) is 9.10. The van der Waals surface area contributed by atoms with E-state index in [2.05, 4.69) is 18.3 Å². The molecule has 2 aromatic rings. The SMILES string of the molecule is CCC(Nc1ccc(C)cc1Cl)c1ccc(Cl)cc1. The maximum Gasteiger partial charge on any atom is 0.0640 e. The summed E-state index contributed by atoms with van der Waals surface area (Å²) in [6.45, 7) is 4.18. The van der Waals surface area contributed by atoms with Crippen molar-refractivity contribution in [3.63, 3.8) is 0 Å². The summed E-state index contributed by atoms with van der Waals surface area (Å²) in [6.07, 6.45) is 0.978. The molecular formula is C16H17Cl2N. The second kappa shape index (κ2) is 6.31. The summed E-state index contributed by atoms with van der Waals surface area (Å²) in [7, 11) is 0. The first-order valence-corrected chi connectivity index (χ1v) is 7.14. The van der Waals surface area contributed by atoms with Crippen LogP contribution in [0.25, 0.3) is 0 Å². The molecule has 1 unspecified atom stereocenters. The Kier molecular flexibility index (Phi) is 4.73. The summed E-state index contributed by atoms with van der Waals surface area (Å²) in [4.78, 5) is 0. The maximum atomic E-state index is 6.26. The smallest absolute Gasteiger partial charge is 0.0640 e. The van der Waals surface area contributed by atoms with Gasteiger partial charge in [0.1, 0.15) is 0 Å². The van der Waals surface area contributed by atoms with E-state index >= 15 is 0 Å². The molecule has 1 atom stereocenters. The van der Waals surface area contributed by atoms with E-state index in [0.29, 0.717) is 0 Å². The van der Waals surface area contributed by atoms with Crippen LogP contribution in [0.5, 0.6) is 0 Å². The molecule has 0 saturated carbocycles. The van der Waals surface area contributed by atoms with Crippen LogP contribution in [0.15, 0.2) is 42.5 Å². The average Bonchev–Trinajstić information content (AvgIpc) is 2.39. The zero-order valence-electron chi connectivity index (χ0n) is 11.1. The molecule has 0 heterocycles. The van der Waals surface area contributed by atoms with Crippen molar-refractivity contribution >= 4 is 28.9 Å². The second-order valence-corrected chi connectivity index (χ2v) is 5.48. The average molecular weight is 294 g/mol. The van der Waals surface area contributed by atoms with Crippen LogP contribution in [0.2, 0.25) is 10.0 Å². The van der Waals surface area contributed by atoms with E-state index in [1.807, 2.05) is 43.3 Å². The number of aryl methyl sites for hydroxylation is 1. The van der Waals surface area contributed by atoms with E-state index in [4.69, 9.17) is 23.2 Å². The van der Waals surface area contributed by atoms with Gasteiger partial charge in [0.05, 0.1) is 16.8 Å². The lowest BCUT2D eigenvalue weighted by atomic mass is 10.0. The van der Waals surface area contributed by atoms with Crippen LogP contribution < -0.4 is 5.32 Å². The van der Waals surface area contributed by atoms with Gasteiger partial charge in [0.2, 0.25) is 0 Å². The number of hydrogen-bond acceptors (Lipinski definition) is 1. The van der Waals surface area contributed by atoms with Gasteiger partial charge in [0, 0.05) is 5.02 Å². The minimum Gasteiger partial charge on any atom is -0.377 e. The molecule has 0 aliphatic heterocycles. The molecule has 0 fully saturated rings. The van der Waals surface area contributed by atoms with Gasteiger partial charge in [-0.1, -0.05) is 48.3 Å². The molecule has 0 aliphatic carbocycles. The molecule has 1 N–H and O–H groups in total. The summed E-state index contributed by atoms with van der Waals surface area (Å²) in [5.41, 5.74) is 3.34. The van der Waals surface area contributed by atoms with E-state index in [-0.39, 0.29) is 6.04 Å². The predicted molar refractivity (Wildman–Crippen MR) is 84.3 cm³/mol. The Hall–Kier alpha value is -1.18. The third-order valence-electron chi connectivity index (χ3n) is 3.13. The van der Waals surface area contributed by atoms with Gasteiger partial charge in [0.15, 0.2) is 0 Å². The lowest BCUT2D eigenvalue weighted by Gasteiger charge is -2.20. The van der Waals surface area contributed by atoms with Crippen LogP contribution in [0.3, 0.4) is 0 Å². The quantitative estimate of drug-likeness (QED) is 0.744. The molecule has 0 amide bonds. The first kappa shape index (κ1) is 14.2. The molecule has 100 valence electrons. The molecule has 0 radical (unpaired) electrons. The second-order valence-electron chi connectivity index (χ2n) is 4.64. The van der Waals surface area contributed by atoms with Crippen molar-refractivity contribution < 1.29 is 0 Å². The standard InChI is InChI=1S/C16H17Cl2N/c1-3-15(12-5-7-13(17)8-6-12)19-16-9-4-11(2)10-14(16)18/h4-10,15,19H,3H2,1-2H3. The fourth-order valence-electron chi connectivity index (χ4n) is 2.04. The van der Waals surface area contributed by atoms with Gasteiger partial charge < -0.3 is 5.32 Å². The highest BCUT2D eigenvalue weighted by Crippen LogP contribution is 2.29. The Morgan fingerprint density at radius 1 is 1.05 bits per heavy atom. The molecule has 3 heteroatoms. The zero-order valence-corrected chi connectivity index (χ0v) is 12.6. The van der Waals surface area contributed by atoms with Gasteiger partial charge in [-0.05, 0) is 48.7 Å². The van der Waals surface area contributed by atoms with Crippen LogP contribution in [0, 0.1) is 6.92 Å². The number of halogens is 2. The Bertz CT molecular complexity index is 549. The van der Waals surface area contributed by atoms with Crippen molar-refractivity contribution in [2.24, 2.45) is 0 Å². The minimum atomic E-state index is 0.234. The lowest BCUT2D eigenvalue weighted by Crippen LogP contribution is -2.09. The fourth-order valence-corrected chi connectivity index (χ4v) is 2.46. The summed E-state index contributed by atoms with van der Waals surface area (Å²) >= 11 is 12.2. The Balaban J connectivity index is 2.21.